The number of phenols is 2. The van der Waals surface area contributed by atoms with E-state index < -0.39 is 5.41 Å². The molecule has 4 nitrogen and oxygen atoms in total. The first-order chi connectivity index (χ1) is 21.9. The zero-order valence-corrected chi connectivity index (χ0v) is 35.2. The Morgan fingerprint density at radius 1 is 0.729 bits per heavy atom. The van der Waals surface area contributed by atoms with Gasteiger partial charge in [-0.3, -0.25) is 4.79 Å². The van der Waals surface area contributed by atoms with Crippen LogP contribution in [0.4, 0.5) is 0 Å². The number of carbonyl (C=O) groups is 1. The second-order valence-corrected chi connectivity index (χ2v) is 23.7. The van der Waals surface area contributed by atoms with Gasteiger partial charge in [0.05, 0.1) is 10.7 Å². The second-order valence-electron chi connectivity index (χ2n) is 17.3. The molecule has 0 spiro atoms. The fourth-order valence-corrected chi connectivity index (χ4v) is 11.1. The topological polar surface area (TPSA) is 66.8 Å². The van der Waals surface area contributed by atoms with E-state index in [1.807, 2.05) is 0 Å². The number of benzene rings is 2. The number of carbonyl (C=O) groups excluding carboxylic acids is 1. The maximum Gasteiger partial charge on any atom is 0.305 e. The molecule has 270 valence electrons. The molecule has 0 bridgehead atoms. The summed E-state index contributed by atoms with van der Waals surface area (Å²) in [5.74, 6) is 0.593. The zero-order valence-electron chi connectivity index (χ0n) is 31.8. The predicted octanol–water partition coefficient (Wildman–Crippen LogP) is 11.6. The molecule has 2 N–H and O–H groups in total. The minimum Gasteiger partial charge on any atom is -0.507 e. The summed E-state index contributed by atoms with van der Waals surface area (Å²) in [6.07, 6.45) is 5.20. The van der Waals surface area contributed by atoms with Crippen LogP contribution in [0.3, 0.4) is 0 Å². The van der Waals surface area contributed by atoms with E-state index >= 15 is 0 Å². The molecular formula is C40H62O4S4. The van der Waals surface area contributed by atoms with Crippen LogP contribution < -0.4 is 0 Å². The van der Waals surface area contributed by atoms with Gasteiger partial charge in [-0.25, -0.2) is 0 Å². The van der Waals surface area contributed by atoms with Gasteiger partial charge in [-0.1, -0.05) is 81.5 Å². The van der Waals surface area contributed by atoms with E-state index in [0.29, 0.717) is 30.9 Å². The van der Waals surface area contributed by atoms with E-state index in [1.165, 1.54) is 20.8 Å². The van der Waals surface area contributed by atoms with Crippen LogP contribution in [-0.2, 0) is 31.2 Å². The van der Waals surface area contributed by atoms with Crippen LogP contribution in [0.2, 0.25) is 0 Å². The number of phenolic OH excluding ortho intramolecular Hbond substituents is 2. The summed E-state index contributed by atoms with van der Waals surface area (Å²) in [7, 11) is 2.83. The largest absolute Gasteiger partial charge is 0.507 e. The van der Waals surface area contributed by atoms with Crippen molar-refractivity contribution >= 4 is 60.5 Å². The Morgan fingerprint density at radius 3 is 1.62 bits per heavy atom. The number of esters is 1. The van der Waals surface area contributed by atoms with Crippen LogP contribution in [-0.4, -0.2) is 37.1 Å². The van der Waals surface area contributed by atoms with Crippen molar-refractivity contribution in [3.8, 4) is 11.5 Å². The first-order valence-corrected chi connectivity index (χ1v) is 21.5. The van der Waals surface area contributed by atoms with E-state index in [2.05, 4.69) is 120 Å². The van der Waals surface area contributed by atoms with Crippen LogP contribution in [0, 0.1) is 0 Å². The van der Waals surface area contributed by atoms with Gasteiger partial charge >= 0.3 is 5.97 Å². The maximum atomic E-state index is 12.5. The molecule has 3 rings (SSSR count). The highest BCUT2D eigenvalue weighted by Gasteiger charge is 2.33. The van der Waals surface area contributed by atoms with E-state index in [4.69, 9.17) is 4.74 Å². The van der Waals surface area contributed by atoms with Crippen molar-refractivity contribution in [2.75, 3.05) is 6.61 Å². The molecule has 2 aromatic carbocycles. The normalized spacial score (nSPS) is 14.7. The molecule has 0 unspecified atom stereocenters. The van der Waals surface area contributed by atoms with Gasteiger partial charge in [0.2, 0.25) is 0 Å². The smallest absolute Gasteiger partial charge is 0.305 e. The number of hydrogen-bond donors (Lipinski definition) is 4. The molecule has 1 heterocycles. The summed E-state index contributed by atoms with van der Waals surface area (Å²) in [6.45, 7) is 28.3. The summed E-state index contributed by atoms with van der Waals surface area (Å²) < 4.78 is 5.45. The lowest BCUT2D eigenvalue weighted by Gasteiger charge is -2.32. The quantitative estimate of drug-likeness (QED) is 0.0313. The fraction of sp³-hybridized carbons (Fsp3) is 0.625. The maximum absolute atomic E-state index is 12.5. The van der Waals surface area contributed by atoms with Gasteiger partial charge in [0, 0.05) is 38.5 Å². The van der Waals surface area contributed by atoms with Crippen molar-refractivity contribution in [2.24, 2.45) is 0 Å². The Labute approximate surface area is 307 Å². The van der Waals surface area contributed by atoms with Crippen molar-refractivity contribution in [2.45, 2.75) is 164 Å². The van der Waals surface area contributed by atoms with Crippen molar-refractivity contribution in [3.05, 3.63) is 46.5 Å². The lowest BCUT2D eigenvalue weighted by Crippen LogP contribution is -2.23. The Hall–Kier alpha value is -1.35. The molecular weight excluding hydrogens is 673 g/mol. The molecule has 0 saturated carbocycles. The first kappa shape index (κ1) is 41.1. The van der Waals surface area contributed by atoms with Gasteiger partial charge < -0.3 is 14.9 Å². The van der Waals surface area contributed by atoms with Crippen molar-refractivity contribution < 1.29 is 19.7 Å². The average Bonchev–Trinajstić information content (AvgIpc) is 3.44. The number of aromatic hydroxyl groups is 2. The van der Waals surface area contributed by atoms with Gasteiger partial charge in [-0.15, -0.1) is 23.5 Å². The third-order valence-corrected chi connectivity index (χ3v) is 14.0. The monoisotopic (exact) mass is 734 g/mol. The van der Waals surface area contributed by atoms with Gasteiger partial charge in [-0.05, 0) is 96.7 Å². The van der Waals surface area contributed by atoms with E-state index in [0.717, 1.165) is 57.7 Å². The highest BCUT2D eigenvalue weighted by molar-refractivity contribution is 8.74. The molecule has 48 heavy (non-hydrogen) atoms. The number of thiol groups is 2. The molecule has 8 heteroatoms. The summed E-state index contributed by atoms with van der Waals surface area (Å²) in [4.78, 5) is 16.3. The molecule has 0 radical (unpaired) electrons. The third-order valence-electron chi connectivity index (χ3n) is 8.74. The molecule has 0 fully saturated rings. The number of ether oxygens (including phenoxy) is 1. The fourth-order valence-electron chi connectivity index (χ4n) is 5.84. The number of rotatable bonds is 13. The van der Waals surface area contributed by atoms with Crippen molar-refractivity contribution in [1.82, 2.24) is 0 Å². The third kappa shape index (κ3) is 11.6. The summed E-state index contributed by atoms with van der Waals surface area (Å²) in [5.41, 5.74) is 2.66. The SMILES string of the molecule is CC(C)(Sc1cc(C(C)(C)C)c(O)c(C(C)(C)C)c1)Sc1cc(C(C)(C)C)c(O)c(C(C)(C)CCOC(=O)CCCCC2=[SH][SH]=CC2)c1. The van der Waals surface area contributed by atoms with Crippen LogP contribution in [0.1, 0.15) is 151 Å². The Balaban J connectivity index is 1.80. The molecule has 0 aliphatic carbocycles. The molecule has 0 saturated heterocycles. The summed E-state index contributed by atoms with van der Waals surface area (Å²) in [6, 6.07) is 8.57. The van der Waals surface area contributed by atoms with E-state index in [9.17, 15) is 15.0 Å². The van der Waals surface area contributed by atoms with Crippen LogP contribution >= 0.6 is 44.3 Å². The van der Waals surface area contributed by atoms with Crippen LogP contribution in [0.25, 0.3) is 0 Å². The summed E-state index contributed by atoms with van der Waals surface area (Å²) in [5, 5.41) is 25.2. The Morgan fingerprint density at radius 2 is 1.19 bits per heavy atom. The van der Waals surface area contributed by atoms with Gasteiger partial charge in [0.1, 0.15) is 11.5 Å². The standard InChI is InChI=1S/C40H62O4S4/c1-36(2,3)29-22-27(23-30(34(29)42)37(4,5)6)46-40(12,13)47-28-24-31(38(7,8)9)35(43)32(25-28)39(10,11)19-20-44-33(41)17-15-14-16-26-18-21-45-48-26/h21-25,42-43,45,48H,14-20H2,1-13H3. The molecule has 1 aliphatic heterocycles. The van der Waals surface area contributed by atoms with Crippen molar-refractivity contribution in [1.29, 1.82) is 0 Å². The zero-order chi connectivity index (χ0) is 36.3. The van der Waals surface area contributed by atoms with E-state index in [1.54, 1.807) is 28.4 Å². The lowest BCUT2D eigenvalue weighted by molar-refractivity contribution is -0.144. The Kier molecular flexibility index (Phi) is 13.6. The molecule has 2 aromatic rings. The van der Waals surface area contributed by atoms with Crippen LogP contribution in [0.5, 0.6) is 11.5 Å². The molecule has 0 amide bonds. The molecule has 1 aliphatic rings. The average molecular weight is 735 g/mol. The number of hydrogen-bond acceptors (Lipinski definition) is 6. The minimum absolute atomic E-state index is 0.134. The van der Waals surface area contributed by atoms with Gasteiger partial charge in [0.15, 0.2) is 0 Å². The molecule has 0 atom stereocenters. The van der Waals surface area contributed by atoms with Gasteiger partial charge in [0.25, 0.3) is 0 Å². The minimum atomic E-state index is -0.410. The van der Waals surface area contributed by atoms with E-state index in [-0.39, 0.29) is 26.3 Å². The van der Waals surface area contributed by atoms with Crippen molar-refractivity contribution in [3.63, 3.8) is 0 Å². The Bertz CT molecular complexity index is 1480. The summed E-state index contributed by atoms with van der Waals surface area (Å²) >= 11 is 3.59. The first-order valence-electron chi connectivity index (χ1n) is 17.3. The van der Waals surface area contributed by atoms with Gasteiger partial charge in [-0.2, -0.15) is 20.8 Å². The predicted molar refractivity (Wildman–Crippen MR) is 219 cm³/mol. The highest BCUT2D eigenvalue weighted by Crippen LogP contribution is 2.51. The number of unbranched alkanes of at least 4 members (excludes halogenated alkanes) is 1. The second kappa shape index (κ2) is 15.9. The molecule has 0 aromatic heterocycles. The lowest BCUT2D eigenvalue weighted by atomic mass is 9.77. The number of thioether (sulfide) groups is 2. The van der Waals surface area contributed by atoms with Crippen LogP contribution in [0.15, 0.2) is 34.1 Å². The highest BCUT2D eigenvalue weighted by atomic mass is 33.1.